The Balaban J connectivity index is 1.81. The molecule has 0 saturated heterocycles. The van der Waals surface area contributed by atoms with Gasteiger partial charge in [-0.1, -0.05) is 12.1 Å². The number of carbonyl (C=O) groups excluding carboxylic acids is 1. The van der Waals surface area contributed by atoms with E-state index < -0.39 is 5.91 Å². The van der Waals surface area contributed by atoms with Crippen LogP contribution in [0.15, 0.2) is 59.4 Å². The van der Waals surface area contributed by atoms with E-state index in [2.05, 4.69) is 10.4 Å². The normalized spacial score (nSPS) is 10.3. The molecule has 29 heavy (non-hydrogen) atoms. The highest BCUT2D eigenvalue weighted by Crippen LogP contribution is 2.30. The number of methoxy groups -OCH3 is 3. The summed E-state index contributed by atoms with van der Waals surface area (Å²) in [5, 5.41) is 7.04. The van der Waals surface area contributed by atoms with Crippen molar-refractivity contribution in [2.24, 2.45) is 0 Å². The number of nitrogens with zero attached hydrogens (tertiary/aromatic N) is 2. The van der Waals surface area contributed by atoms with Crippen molar-refractivity contribution in [1.29, 1.82) is 0 Å². The predicted octanol–water partition coefficient (Wildman–Crippen LogP) is 2.57. The predicted molar refractivity (Wildman–Crippen MR) is 109 cm³/mol. The Morgan fingerprint density at radius 3 is 2.38 bits per heavy atom. The molecule has 1 aromatic heterocycles. The molecule has 1 heterocycles. The summed E-state index contributed by atoms with van der Waals surface area (Å²) < 4.78 is 16.9. The molecule has 150 valence electrons. The number of para-hydroxylation sites is 1. The first-order valence-electron chi connectivity index (χ1n) is 8.79. The minimum absolute atomic E-state index is 0.240. The quantitative estimate of drug-likeness (QED) is 0.661. The van der Waals surface area contributed by atoms with Crippen molar-refractivity contribution in [3.63, 3.8) is 0 Å². The fourth-order valence-corrected chi connectivity index (χ4v) is 2.81. The molecule has 0 aliphatic heterocycles. The van der Waals surface area contributed by atoms with Crippen LogP contribution in [-0.2, 0) is 11.3 Å². The number of hydrogen-bond donors (Lipinski definition) is 1. The van der Waals surface area contributed by atoms with Gasteiger partial charge in [0.25, 0.3) is 5.56 Å². The van der Waals surface area contributed by atoms with Gasteiger partial charge in [-0.2, -0.15) is 5.10 Å². The molecule has 0 atom stereocenters. The van der Waals surface area contributed by atoms with Gasteiger partial charge in [-0.05, 0) is 30.3 Å². The van der Waals surface area contributed by atoms with Crippen LogP contribution in [0.4, 0.5) is 5.69 Å². The van der Waals surface area contributed by atoms with Gasteiger partial charge >= 0.3 is 0 Å². The van der Waals surface area contributed by atoms with Crippen LogP contribution >= 0.6 is 0 Å². The number of ether oxygens (including phenoxy) is 3. The van der Waals surface area contributed by atoms with Gasteiger partial charge in [0.15, 0.2) is 11.5 Å². The maximum absolute atomic E-state index is 12.5. The molecule has 0 spiro atoms. The van der Waals surface area contributed by atoms with Crippen molar-refractivity contribution in [2.75, 3.05) is 26.6 Å². The number of hydrogen-bond acceptors (Lipinski definition) is 6. The highest BCUT2D eigenvalue weighted by Gasteiger charge is 2.12. The molecule has 8 heteroatoms. The smallest absolute Gasteiger partial charge is 0.267 e. The van der Waals surface area contributed by atoms with Crippen molar-refractivity contribution in [3.8, 4) is 28.5 Å². The number of rotatable bonds is 7. The minimum Gasteiger partial charge on any atom is -0.496 e. The Morgan fingerprint density at radius 1 is 0.931 bits per heavy atom. The number of nitrogens with one attached hydrogen (secondary N) is 1. The number of benzene rings is 2. The maximum atomic E-state index is 12.5. The molecule has 0 fully saturated rings. The molecule has 0 radical (unpaired) electrons. The average molecular weight is 395 g/mol. The van der Waals surface area contributed by atoms with E-state index in [-0.39, 0.29) is 12.1 Å². The van der Waals surface area contributed by atoms with Gasteiger partial charge in [0.05, 0.1) is 27.0 Å². The highest BCUT2D eigenvalue weighted by atomic mass is 16.5. The van der Waals surface area contributed by atoms with Crippen LogP contribution in [0.1, 0.15) is 0 Å². The largest absolute Gasteiger partial charge is 0.496 e. The standard InChI is InChI=1S/C21H21N3O5/c1-27-17-7-5-4-6-15(17)16-9-11-21(26)24(23-16)13-20(25)22-14-8-10-18(28-2)19(12-14)29-3/h4-12H,13H2,1-3H3,(H,22,25). The summed E-state index contributed by atoms with van der Waals surface area (Å²) in [6.45, 7) is -0.240. The first-order chi connectivity index (χ1) is 14.0. The summed E-state index contributed by atoms with van der Waals surface area (Å²) in [5.41, 5.74) is 1.39. The third kappa shape index (κ3) is 4.55. The average Bonchev–Trinajstić information content (AvgIpc) is 2.75. The topological polar surface area (TPSA) is 91.7 Å². The van der Waals surface area contributed by atoms with Gasteiger partial charge in [-0.25, -0.2) is 4.68 Å². The first-order valence-corrected chi connectivity index (χ1v) is 8.79. The third-order valence-corrected chi connectivity index (χ3v) is 4.21. The van der Waals surface area contributed by atoms with Gasteiger partial charge in [-0.3, -0.25) is 9.59 Å². The molecule has 2 aromatic carbocycles. The van der Waals surface area contributed by atoms with Crippen LogP contribution < -0.4 is 25.1 Å². The number of aromatic nitrogens is 2. The van der Waals surface area contributed by atoms with Crippen LogP contribution in [0.3, 0.4) is 0 Å². The molecule has 8 nitrogen and oxygen atoms in total. The molecular formula is C21H21N3O5. The van der Waals surface area contributed by atoms with Gasteiger partial charge < -0.3 is 19.5 Å². The van der Waals surface area contributed by atoms with Crippen molar-refractivity contribution in [3.05, 3.63) is 65.0 Å². The van der Waals surface area contributed by atoms with E-state index in [0.717, 1.165) is 10.2 Å². The fourth-order valence-electron chi connectivity index (χ4n) is 2.81. The van der Waals surface area contributed by atoms with Crippen LogP contribution in [0, 0.1) is 0 Å². The van der Waals surface area contributed by atoms with E-state index in [0.29, 0.717) is 28.6 Å². The lowest BCUT2D eigenvalue weighted by molar-refractivity contribution is -0.117. The zero-order valence-corrected chi connectivity index (χ0v) is 16.3. The van der Waals surface area contributed by atoms with E-state index in [1.807, 2.05) is 18.2 Å². The number of amides is 1. The monoisotopic (exact) mass is 395 g/mol. The molecular weight excluding hydrogens is 374 g/mol. The van der Waals surface area contributed by atoms with Crippen LogP contribution in [0.2, 0.25) is 0 Å². The van der Waals surface area contributed by atoms with E-state index >= 15 is 0 Å². The van der Waals surface area contributed by atoms with Crippen LogP contribution in [-0.4, -0.2) is 37.0 Å². The lowest BCUT2D eigenvalue weighted by Gasteiger charge is -2.12. The second-order valence-corrected chi connectivity index (χ2v) is 6.03. The Bertz CT molecular complexity index is 1080. The summed E-state index contributed by atoms with van der Waals surface area (Å²) in [6.07, 6.45) is 0. The molecule has 0 saturated carbocycles. The number of carbonyl (C=O) groups is 1. The summed E-state index contributed by atoms with van der Waals surface area (Å²) in [7, 11) is 4.60. The summed E-state index contributed by atoms with van der Waals surface area (Å²) >= 11 is 0. The molecule has 0 bridgehead atoms. The molecule has 1 N–H and O–H groups in total. The molecule has 0 aliphatic rings. The van der Waals surface area contributed by atoms with Gasteiger partial charge in [0, 0.05) is 23.4 Å². The summed E-state index contributed by atoms with van der Waals surface area (Å²) in [4.78, 5) is 24.6. The van der Waals surface area contributed by atoms with Gasteiger partial charge in [0.1, 0.15) is 12.3 Å². The second kappa shape index (κ2) is 8.92. The maximum Gasteiger partial charge on any atom is 0.267 e. The summed E-state index contributed by atoms with van der Waals surface area (Å²) in [6, 6.07) is 15.3. The second-order valence-electron chi connectivity index (χ2n) is 6.03. The molecule has 0 unspecified atom stereocenters. The van der Waals surface area contributed by atoms with Crippen LogP contribution in [0.5, 0.6) is 17.2 Å². The van der Waals surface area contributed by atoms with Crippen molar-refractivity contribution in [1.82, 2.24) is 9.78 Å². The van der Waals surface area contributed by atoms with E-state index in [9.17, 15) is 9.59 Å². The van der Waals surface area contributed by atoms with Crippen molar-refractivity contribution < 1.29 is 19.0 Å². The lowest BCUT2D eigenvalue weighted by Crippen LogP contribution is -2.29. The zero-order chi connectivity index (χ0) is 20.8. The van der Waals surface area contributed by atoms with Gasteiger partial charge in [-0.15, -0.1) is 0 Å². The molecule has 3 rings (SSSR count). The number of anilines is 1. The molecule has 0 aliphatic carbocycles. The molecule has 1 amide bonds. The van der Waals surface area contributed by atoms with Crippen LogP contribution in [0.25, 0.3) is 11.3 Å². The Hall–Kier alpha value is -3.81. The Kier molecular flexibility index (Phi) is 6.13. The van der Waals surface area contributed by atoms with E-state index in [1.165, 1.54) is 20.3 Å². The van der Waals surface area contributed by atoms with Crippen molar-refractivity contribution >= 4 is 11.6 Å². The van der Waals surface area contributed by atoms with E-state index in [4.69, 9.17) is 14.2 Å². The van der Waals surface area contributed by atoms with E-state index in [1.54, 1.807) is 37.4 Å². The molecule has 3 aromatic rings. The summed E-state index contributed by atoms with van der Waals surface area (Å²) in [5.74, 6) is 1.26. The third-order valence-electron chi connectivity index (χ3n) is 4.21. The minimum atomic E-state index is -0.399. The van der Waals surface area contributed by atoms with Gasteiger partial charge in [0.2, 0.25) is 5.91 Å². The fraction of sp³-hybridized carbons (Fsp3) is 0.190. The Labute approximate surface area is 167 Å². The first kappa shape index (κ1) is 19.9. The zero-order valence-electron chi connectivity index (χ0n) is 16.3. The lowest BCUT2D eigenvalue weighted by atomic mass is 10.1. The Morgan fingerprint density at radius 2 is 1.66 bits per heavy atom. The van der Waals surface area contributed by atoms with Crippen molar-refractivity contribution in [2.45, 2.75) is 6.54 Å². The SMILES string of the molecule is COc1ccc(NC(=O)Cn2nc(-c3ccccc3OC)ccc2=O)cc1OC. The highest BCUT2D eigenvalue weighted by molar-refractivity contribution is 5.90.